The third-order valence-corrected chi connectivity index (χ3v) is 3.14. The molecule has 0 aliphatic rings. The SMILES string of the molecule is C=C(C(C)C)C(CNC(=O)CN(C)C(C)=O)COCO. The molecule has 0 aliphatic carbocycles. The van der Waals surface area contributed by atoms with Crippen LogP contribution in [0, 0.1) is 11.8 Å². The summed E-state index contributed by atoms with van der Waals surface area (Å²) in [6.45, 7) is 9.78. The summed E-state index contributed by atoms with van der Waals surface area (Å²) < 4.78 is 5.00. The minimum atomic E-state index is -0.358. The van der Waals surface area contributed by atoms with Crippen LogP contribution in [-0.2, 0) is 14.3 Å². The molecule has 0 saturated carbocycles. The number of rotatable bonds is 9. The molecule has 6 heteroatoms. The molecule has 0 fully saturated rings. The van der Waals surface area contributed by atoms with E-state index in [9.17, 15) is 9.59 Å². The Morgan fingerprint density at radius 1 is 1.40 bits per heavy atom. The minimum Gasteiger partial charge on any atom is -0.371 e. The number of aliphatic hydroxyl groups excluding tert-OH is 1. The van der Waals surface area contributed by atoms with Crippen molar-refractivity contribution in [3.8, 4) is 0 Å². The predicted molar refractivity (Wildman–Crippen MR) is 76.8 cm³/mol. The molecule has 0 rings (SSSR count). The predicted octanol–water partition coefficient (Wildman–Crippen LogP) is 0.376. The van der Waals surface area contributed by atoms with Gasteiger partial charge in [0.25, 0.3) is 0 Å². The van der Waals surface area contributed by atoms with Crippen LogP contribution in [0.2, 0.25) is 0 Å². The lowest BCUT2D eigenvalue weighted by atomic mass is 9.92. The van der Waals surface area contributed by atoms with Crippen molar-refractivity contribution >= 4 is 11.8 Å². The maximum Gasteiger partial charge on any atom is 0.239 e. The Bertz CT molecular complexity index is 342. The van der Waals surface area contributed by atoms with Gasteiger partial charge in [-0.2, -0.15) is 0 Å². The largest absolute Gasteiger partial charge is 0.371 e. The van der Waals surface area contributed by atoms with E-state index in [-0.39, 0.29) is 37.0 Å². The quantitative estimate of drug-likeness (QED) is 0.474. The van der Waals surface area contributed by atoms with E-state index in [0.717, 1.165) is 5.57 Å². The number of likely N-dealkylation sites (N-methyl/N-ethyl adjacent to an activating group) is 1. The summed E-state index contributed by atoms with van der Waals surface area (Å²) in [6.07, 6.45) is 0. The number of carbonyl (C=O) groups excluding carboxylic acids is 2. The number of amides is 2. The minimum absolute atomic E-state index is 0.0249. The Morgan fingerprint density at radius 3 is 2.45 bits per heavy atom. The Hall–Kier alpha value is -1.40. The van der Waals surface area contributed by atoms with Crippen molar-refractivity contribution in [3.63, 3.8) is 0 Å². The van der Waals surface area contributed by atoms with Crippen molar-refractivity contribution in [1.82, 2.24) is 10.2 Å². The molecule has 0 aromatic heterocycles. The summed E-state index contributed by atoms with van der Waals surface area (Å²) in [4.78, 5) is 24.1. The Labute approximate surface area is 120 Å². The third-order valence-electron chi connectivity index (χ3n) is 3.14. The van der Waals surface area contributed by atoms with Gasteiger partial charge in [0, 0.05) is 26.4 Å². The highest BCUT2D eigenvalue weighted by Gasteiger charge is 2.17. The van der Waals surface area contributed by atoms with Crippen LogP contribution < -0.4 is 5.32 Å². The standard InChI is InChI=1S/C14H26N2O4/c1-10(2)11(3)13(8-20-9-17)6-15-14(19)7-16(5)12(4)18/h10,13,17H,3,6-9H2,1-2,4-5H3,(H,15,19). The molecular formula is C14H26N2O4. The molecule has 2 amide bonds. The first-order valence-electron chi connectivity index (χ1n) is 6.65. The summed E-state index contributed by atoms with van der Waals surface area (Å²) in [7, 11) is 1.57. The molecule has 20 heavy (non-hydrogen) atoms. The average molecular weight is 286 g/mol. The molecule has 0 bridgehead atoms. The maximum atomic E-state index is 11.7. The maximum absolute atomic E-state index is 11.7. The molecule has 1 atom stereocenters. The summed E-state index contributed by atoms with van der Waals surface area (Å²) in [5.74, 6) is -0.187. The second-order valence-corrected chi connectivity index (χ2v) is 5.11. The summed E-state index contributed by atoms with van der Waals surface area (Å²) >= 11 is 0. The van der Waals surface area contributed by atoms with Gasteiger partial charge in [-0.15, -0.1) is 0 Å². The fourth-order valence-corrected chi connectivity index (χ4v) is 1.58. The van der Waals surface area contributed by atoms with Crippen molar-refractivity contribution in [2.45, 2.75) is 20.8 Å². The molecule has 0 saturated heterocycles. The first-order chi connectivity index (χ1) is 9.29. The van der Waals surface area contributed by atoms with Gasteiger partial charge in [-0.05, 0) is 5.92 Å². The van der Waals surface area contributed by atoms with Gasteiger partial charge in [-0.3, -0.25) is 9.59 Å². The van der Waals surface area contributed by atoms with Gasteiger partial charge in [0.2, 0.25) is 11.8 Å². The second kappa shape index (κ2) is 9.50. The highest BCUT2D eigenvalue weighted by molar-refractivity contribution is 5.83. The number of ether oxygens (including phenoxy) is 1. The number of carbonyl (C=O) groups is 2. The van der Waals surface area contributed by atoms with Crippen LogP contribution >= 0.6 is 0 Å². The number of hydrogen-bond donors (Lipinski definition) is 2. The lowest BCUT2D eigenvalue weighted by Gasteiger charge is -2.23. The molecule has 2 N–H and O–H groups in total. The van der Waals surface area contributed by atoms with Crippen molar-refractivity contribution in [2.24, 2.45) is 11.8 Å². The van der Waals surface area contributed by atoms with Crippen LogP contribution in [0.15, 0.2) is 12.2 Å². The first kappa shape index (κ1) is 18.6. The molecule has 0 heterocycles. The van der Waals surface area contributed by atoms with Crippen LogP contribution in [0.5, 0.6) is 0 Å². The number of nitrogens with zero attached hydrogens (tertiary/aromatic N) is 1. The molecule has 0 aliphatic heterocycles. The molecule has 0 aromatic carbocycles. The Kier molecular flexibility index (Phi) is 8.83. The van der Waals surface area contributed by atoms with E-state index in [1.54, 1.807) is 7.05 Å². The van der Waals surface area contributed by atoms with E-state index in [0.29, 0.717) is 13.2 Å². The Morgan fingerprint density at radius 2 is 2.00 bits per heavy atom. The zero-order chi connectivity index (χ0) is 15.7. The monoisotopic (exact) mass is 286 g/mol. The Balaban J connectivity index is 4.34. The smallest absolute Gasteiger partial charge is 0.239 e. The average Bonchev–Trinajstić information content (AvgIpc) is 2.37. The van der Waals surface area contributed by atoms with Gasteiger partial charge < -0.3 is 20.1 Å². The molecule has 0 aromatic rings. The van der Waals surface area contributed by atoms with E-state index in [1.807, 2.05) is 13.8 Å². The zero-order valence-corrected chi connectivity index (χ0v) is 12.8. The van der Waals surface area contributed by atoms with Crippen LogP contribution in [0.25, 0.3) is 0 Å². The molecule has 116 valence electrons. The number of nitrogens with one attached hydrogen (secondary N) is 1. The van der Waals surface area contributed by atoms with E-state index < -0.39 is 0 Å². The van der Waals surface area contributed by atoms with Crippen LogP contribution in [0.4, 0.5) is 0 Å². The molecule has 0 spiro atoms. The summed E-state index contributed by atoms with van der Waals surface area (Å²) in [6, 6.07) is 0. The van der Waals surface area contributed by atoms with Crippen molar-refractivity contribution in [1.29, 1.82) is 0 Å². The lowest BCUT2D eigenvalue weighted by Crippen LogP contribution is -2.40. The van der Waals surface area contributed by atoms with Crippen LogP contribution in [-0.4, -0.2) is 55.4 Å². The molecular weight excluding hydrogens is 260 g/mol. The fraction of sp³-hybridized carbons (Fsp3) is 0.714. The normalized spacial score (nSPS) is 12.1. The van der Waals surface area contributed by atoms with Crippen molar-refractivity contribution in [3.05, 3.63) is 12.2 Å². The van der Waals surface area contributed by atoms with Gasteiger partial charge in [-0.1, -0.05) is 26.0 Å². The van der Waals surface area contributed by atoms with E-state index in [4.69, 9.17) is 9.84 Å². The van der Waals surface area contributed by atoms with Gasteiger partial charge in [-0.25, -0.2) is 0 Å². The molecule has 6 nitrogen and oxygen atoms in total. The van der Waals surface area contributed by atoms with Gasteiger partial charge in [0.05, 0.1) is 13.2 Å². The summed E-state index contributed by atoms with van der Waals surface area (Å²) in [5, 5.41) is 11.5. The highest BCUT2D eigenvalue weighted by Crippen LogP contribution is 2.17. The van der Waals surface area contributed by atoms with Gasteiger partial charge in [0.1, 0.15) is 6.79 Å². The second-order valence-electron chi connectivity index (χ2n) is 5.11. The van der Waals surface area contributed by atoms with E-state index in [1.165, 1.54) is 11.8 Å². The molecule has 1 unspecified atom stereocenters. The first-order valence-corrected chi connectivity index (χ1v) is 6.65. The highest BCUT2D eigenvalue weighted by atomic mass is 16.6. The number of aliphatic hydroxyl groups is 1. The van der Waals surface area contributed by atoms with Crippen molar-refractivity contribution < 1.29 is 19.4 Å². The van der Waals surface area contributed by atoms with Gasteiger partial charge in [0.15, 0.2) is 0 Å². The fourth-order valence-electron chi connectivity index (χ4n) is 1.58. The zero-order valence-electron chi connectivity index (χ0n) is 12.8. The van der Waals surface area contributed by atoms with Crippen LogP contribution in [0.1, 0.15) is 20.8 Å². The third kappa shape index (κ3) is 7.25. The van der Waals surface area contributed by atoms with Gasteiger partial charge >= 0.3 is 0 Å². The van der Waals surface area contributed by atoms with Crippen molar-refractivity contribution in [2.75, 3.05) is 33.5 Å². The van der Waals surface area contributed by atoms with Crippen LogP contribution in [0.3, 0.4) is 0 Å². The number of hydrogen-bond acceptors (Lipinski definition) is 4. The summed E-state index contributed by atoms with van der Waals surface area (Å²) in [5.41, 5.74) is 0.957. The topological polar surface area (TPSA) is 78.9 Å². The molecule has 0 radical (unpaired) electrons. The lowest BCUT2D eigenvalue weighted by molar-refractivity contribution is -0.133. The van der Waals surface area contributed by atoms with E-state index in [2.05, 4.69) is 11.9 Å². The van der Waals surface area contributed by atoms with E-state index >= 15 is 0 Å².